The summed E-state index contributed by atoms with van der Waals surface area (Å²) in [6, 6.07) is 13.5. The molecule has 1 aromatic heterocycles. The zero-order valence-electron chi connectivity index (χ0n) is 14.6. The first-order chi connectivity index (χ1) is 11.5. The van der Waals surface area contributed by atoms with Crippen molar-refractivity contribution in [2.75, 3.05) is 0 Å². The van der Waals surface area contributed by atoms with Gasteiger partial charge in [0, 0.05) is 18.9 Å². The van der Waals surface area contributed by atoms with Crippen LogP contribution < -0.4 is 5.32 Å². The van der Waals surface area contributed by atoms with E-state index in [0.29, 0.717) is 24.5 Å². The number of carbonyl (C=O) groups is 1. The lowest BCUT2D eigenvalue weighted by Crippen LogP contribution is -2.35. The quantitative estimate of drug-likeness (QED) is 0.768. The van der Waals surface area contributed by atoms with Crippen LogP contribution in [-0.4, -0.2) is 17.1 Å². The molecule has 3 unspecified atom stereocenters. The van der Waals surface area contributed by atoms with E-state index in [4.69, 9.17) is 4.42 Å². The third kappa shape index (κ3) is 5.24. The molecular formula is C20H27NO3. The van der Waals surface area contributed by atoms with Gasteiger partial charge in [0.2, 0.25) is 5.91 Å². The number of aliphatic hydroxyl groups is 1. The Morgan fingerprint density at radius 3 is 2.42 bits per heavy atom. The summed E-state index contributed by atoms with van der Waals surface area (Å²) in [5.41, 5.74) is 1.19. The molecule has 1 aromatic carbocycles. The molecule has 0 bridgehead atoms. The number of hydrogen-bond donors (Lipinski definition) is 2. The van der Waals surface area contributed by atoms with Gasteiger partial charge in [0.1, 0.15) is 11.9 Å². The molecule has 2 N–H and O–H groups in total. The molecule has 0 aliphatic rings. The highest BCUT2D eigenvalue weighted by atomic mass is 16.4. The van der Waals surface area contributed by atoms with Crippen molar-refractivity contribution in [3.05, 3.63) is 60.1 Å². The van der Waals surface area contributed by atoms with E-state index >= 15 is 0 Å². The standard InChI is InChI=1S/C20H27NO3/c1-14(2)17(16-8-5-4-6-9-16)13-20(23)21-15(3)12-18(22)19-10-7-11-24-19/h4-11,14-15,17-18,22H,12-13H2,1-3H3,(H,21,23). The Kier molecular flexibility index (Phi) is 6.62. The van der Waals surface area contributed by atoms with Gasteiger partial charge in [-0.25, -0.2) is 0 Å². The molecule has 0 saturated carbocycles. The molecule has 2 aromatic rings. The summed E-state index contributed by atoms with van der Waals surface area (Å²) >= 11 is 0. The summed E-state index contributed by atoms with van der Waals surface area (Å²) in [4.78, 5) is 12.4. The van der Waals surface area contributed by atoms with Crippen molar-refractivity contribution in [1.29, 1.82) is 0 Å². The molecule has 0 spiro atoms. The van der Waals surface area contributed by atoms with E-state index in [9.17, 15) is 9.90 Å². The number of rotatable bonds is 8. The lowest BCUT2D eigenvalue weighted by atomic mass is 9.85. The topological polar surface area (TPSA) is 62.5 Å². The van der Waals surface area contributed by atoms with Crippen LogP contribution in [0.3, 0.4) is 0 Å². The van der Waals surface area contributed by atoms with Gasteiger partial charge in [0.25, 0.3) is 0 Å². The van der Waals surface area contributed by atoms with Crippen LogP contribution in [0.2, 0.25) is 0 Å². The van der Waals surface area contributed by atoms with Crippen molar-refractivity contribution in [3.8, 4) is 0 Å². The van der Waals surface area contributed by atoms with E-state index in [1.807, 2.05) is 25.1 Å². The maximum Gasteiger partial charge on any atom is 0.220 e. The van der Waals surface area contributed by atoms with Gasteiger partial charge in [-0.3, -0.25) is 4.79 Å². The zero-order valence-corrected chi connectivity index (χ0v) is 14.6. The summed E-state index contributed by atoms with van der Waals surface area (Å²) in [5, 5.41) is 13.1. The van der Waals surface area contributed by atoms with Crippen molar-refractivity contribution in [1.82, 2.24) is 5.32 Å². The van der Waals surface area contributed by atoms with Gasteiger partial charge in [0.15, 0.2) is 0 Å². The van der Waals surface area contributed by atoms with Gasteiger partial charge in [-0.15, -0.1) is 0 Å². The predicted octanol–water partition coefficient (Wildman–Crippen LogP) is 4.04. The lowest BCUT2D eigenvalue weighted by Gasteiger charge is -2.23. The second kappa shape index (κ2) is 8.69. The predicted molar refractivity (Wildman–Crippen MR) is 94.5 cm³/mol. The molecule has 2 rings (SSSR count). The molecule has 0 aliphatic heterocycles. The Labute approximate surface area is 143 Å². The van der Waals surface area contributed by atoms with Crippen LogP contribution in [0.25, 0.3) is 0 Å². The minimum Gasteiger partial charge on any atom is -0.467 e. The third-order valence-corrected chi connectivity index (χ3v) is 4.29. The number of carbonyl (C=O) groups excluding carboxylic acids is 1. The van der Waals surface area contributed by atoms with Crippen LogP contribution >= 0.6 is 0 Å². The van der Waals surface area contributed by atoms with Gasteiger partial charge in [-0.05, 0) is 36.5 Å². The van der Waals surface area contributed by atoms with Gasteiger partial charge in [-0.2, -0.15) is 0 Å². The number of aliphatic hydroxyl groups excluding tert-OH is 1. The van der Waals surface area contributed by atoms with Gasteiger partial charge < -0.3 is 14.8 Å². The van der Waals surface area contributed by atoms with Crippen molar-refractivity contribution in [3.63, 3.8) is 0 Å². The van der Waals surface area contributed by atoms with E-state index in [1.165, 1.54) is 11.8 Å². The fourth-order valence-electron chi connectivity index (χ4n) is 2.96. The molecule has 24 heavy (non-hydrogen) atoms. The van der Waals surface area contributed by atoms with Crippen LogP contribution in [0, 0.1) is 5.92 Å². The van der Waals surface area contributed by atoms with Crippen LogP contribution in [0.15, 0.2) is 53.1 Å². The molecule has 1 amide bonds. The fourth-order valence-corrected chi connectivity index (χ4v) is 2.96. The monoisotopic (exact) mass is 329 g/mol. The van der Waals surface area contributed by atoms with Crippen molar-refractivity contribution >= 4 is 5.91 Å². The maximum absolute atomic E-state index is 12.4. The van der Waals surface area contributed by atoms with Crippen LogP contribution in [0.1, 0.15) is 57.0 Å². The first-order valence-corrected chi connectivity index (χ1v) is 8.53. The highest BCUT2D eigenvalue weighted by Crippen LogP contribution is 2.28. The van der Waals surface area contributed by atoms with Gasteiger partial charge in [-0.1, -0.05) is 44.2 Å². The second-order valence-corrected chi connectivity index (χ2v) is 6.70. The number of amides is 1. The Balaban J connectivity index is 1.88. The molecule has 1 heterocycles. The Morgan fingerprint density at radius 2 is 1.83 bits per heavy atom. The van der Waals surface area contributed by atoms with Crippen LogP contribution in [0.4, 0.5) is 0 Å². The summed E-state index contributed by atoms with van der Waals surface area (Å²) in [6.45, 7) is 6.17. The average Bonchev–Trinajstić information content (AvgIpc) is 3.07. The molecular weight excluding hydrogens is 302 g/mol. The molecule has 0 saturated heterocycles. The smallest absolute Gasteiger partial charge is 0.220 e. The summed E-state index contributed by atoms with van der Waals surface area (Å²) in [5.74, 6) is 1.10. The van der Waals surface area contributed by atoms with E-state index < -0.39 is 6.10 Å². The van der Waals surface area contributed by atoms with E-state index in [-0.39, 0.29) is 17.9 Å². The van der Waals surface area contributed by atoms with E-state index in [0.717, 1.165) is 0 Å². The van der Waals surface area contributed by atoms with Crippen LogP contribution in [0.5, 0.6) is 0 Å². The zero-order chi connectivity index (χ0) is 17.5. The number of furan rings is 1. The molecule has 3 atom stereocenters. The number of nitrogens with one attached hydrogen (secondary N) is 1. The highest BCUT2D eigenvalue weighted by Gasteiger charge is 2.21. The van der Waals surface area contributed by atoms with Gasteiger partial charge in [0.05, 0.1) is 6.26 Å². The maximum atomic E-state index is 12.4. The van der Waals surface area contributed by atoms with E-state index in [2.05, 4.69) is 31.3 Å². The highest BCUT2D eigenvalue weighted by molar-refractivity contribution is 5.77. The normalized spacial score (nSPS) is 15.0. The number of benzene rings is 1. The molecule has 130 valence electrons. The summed E-state index contributed by atoms with van der Waals surface area (Å²) in [6.07, 6.45) is 1.71. The lowest BCUT2D eigenvalue weighted by molar-refractivity contribution is -0.122. The average molecular weight is 329 g/mol. The minimum absolute atomic E-state index is 0.0108. The Morgan fingerprint density at radius 1 is 1.12 bits per heavy atom. The fraction of sp³-hybridized carbons (Fsp3) is 0.450. The molecule has 0 aliphatic carbocycles. The molecule has 4 heteroatoms. The van der Waals surface area contributed by atoms with Crippen molar-refractivity contribution in [2.24, 2.45) is 5.92 Å². The summed E-state index contributed by atoms with van der Waals surface area (Å²) < 4.78 is 5.19. The van der Waals surface area contributed by atoms with Crippen LogP contribution in [-0.2, 0) is 4.79 Å². The minimum atomic E-state index is -0.703. The number of hydrogen-bond acceptors (Lipinski definition) is 3. The largest absolute Gasteiger partial charge is 0.467 e. The molecule has 4 nitrogen and oxygen atoms in total. The molecule has 0 fully saturated rings. The summed E-state index contributed by atoms with van der Waals surface area (Å²) in [7, 11) is 0. The SMILES string of the molecule is CC(CC(O)c1ccco1)NC(=O)CC(c1ccccc1)C(C)C. The first-order valence-electron chi connectivity index (χ1n) is 8.53. The first kappa shape index (κ1) is 18.3. The van der Waals surface area contributed by atoms with Crippen molar-refractivity contribution < 1.29 is 14.3 Å². The Bertz CT molecular complexity index is 607. The second-order valence-electron chi connectivity index (χ2n) is 6.70. The van der Waals surface area contributed by atoms with Gasteiger partial charge >= 0.3 is 0 Å². The Hall–Kier alpha value is -2.07. The van der Waals surface area contributed by atoms with E-state index in [1.54, 1.807) is 12.1 Å². The molecule has 0 radical (unpaired) electrons. The van der Waals surface area contributed by atoms with Crippen molar-refractivity contribution in [2.45, 2.75) is 51.7 Å². The third-order valence-electron chi connectivity index (χ3n) is 4.29.